The number of para-hydroxylation sites is 1. The Morgan fingerprint density at radius 3 is 2.95 bits per heavy atom. The molecular formula is C14H17ClN2O3. The molecule has 2 amide bonds. The van der Waals surface area contributed by atoms with Crippen molar-refractivity contribution < 1.29 is 14.3 Å². The summed E-state index contributed by atoms with van der Waals surface area (Å²) in [5.41, 5.74) is 0. The fourth-order valence-electron chi connectivity index (χ4n) is 1.98. The molecule has 1 heterocycles. The first kappa shape index (κ1) is 14.7. The van der Waals surface area contributed by atoms with Gasteiger partial charge in [-0.2, -0.15) is 0 Å². The zero-order valence-electron chi connectivity index (χ0n) is 11.1. The van der Waals surface area contributed by atoms with Gasteiger partial charge in [0.2, 0.25) is 11.8 Å². The first-order valence-electron chi connectivity index (χ1n) is 6.58. The maximum absolute atomic E-state index is 12.0. The highest BCUT2D eigenvalue weighted by molar-refractivity contribution is 6.32. The van der Waals surface area contributed by atoms with E-state index in [1.807, 2.05) is 12.1 Å². The van der Waals surface area contributed by atoms with Crippen molar-refractivity contribution in [2.75, 3.05) is 26.2 Å². The van der Waals surface area contributed by atoms with E-state index in [1.54, 1.807) is 17.0 Å². The van der Waals surface area contributed by atoms with Crippen LogP contribution >= 0.6 is 11.6 Å². The van der Waals surface area contributed by atoms with Crippen molar-refractivity contribution in [3.8, 4) is 5.75 Å². The third-order valence-corrected chi connectivity index (χ3v) is 3.39. The monoisotopic (exact) mass is 296 g/mol. The number of hydrogen-bond donors (Lipinski definition) is 1. The molecule has 108 valence electrons. The summed E-state index contributed by atoms with van der Waals surface area (Å²) in [6.45, 7) is 1.81. The summed E-state index contributed by atoms with van der Waals surface area (Å²) in [5.74, 6) is 0.566. The molecule has 0 aliphatic carbocycles. The van der Waals surface area contributed by atoms with Crippen molar-refractivity contribution in [3.05, 3.63) is 29.3 Å². The molecule has 2 rings (SSSR count). The minimum atomic E-state index is -0.00684. The first-order valence-corrected chi connectivity index (χ1v) is 6.96. The summed E-state index contributed by atoms with van der Waals surface area (Å²) >= 11 is 5.96. The van der Waals surface area contributed by atoms with E-state index in [0.29, 0.717) is 36.8 Å². The smallest absolute Gasteiger partial charge is 0.226 e. The molecule has 0 bridgehead atoms. The summed E-state index contributed by atoms with van der Waals surface area (Å²) in [6.07, 6.45) is 0.635. The van der Waals surface area contributed by atoms with Gasteiger partial charge in [0.1, 0.15) is 5.75 Å². The van der Waals surface area contributed by atoms with Gasteiger partial charge in [0.05, 0.1) is 18.1 Å². The summed E-state index contributed by atoms with van der Waals surface area (Å²) in [5, 5.41) is 3.27. The molecule has 6 heteroatoms. The largest absolute Gasteiger partial charge is 0.491 e. The van der Waals surface area contributed by atoms with Gasteiger partial charge in [-0.15, -0.1) is 0 Å². The number of hydrogen-bond acceptors (Lipinski definition) is 3. The predicted octanol–water partition coefficient (Wildman–Crippen LogP) is 1.46. The van der Waals surface area contributed by atoms with E-state index in [4.69, 9.17) is 16.3 Å². The molecule has 1 aliphatic rings. The molecule has 1 aliphatic heterocycles. The number of carbonyl (C=O) groups is 2. The van der Waals surface area contributed by atoms with E-state index in [2.05, 4.69) is 5.32 Å². The second-order valence-corrected chi connectivity index (χ2v) is 4.92. The number of amides is 2. The van der Waals surface area contributed by atoms with Crippen molar-refractivity contribution >= 4 is 23.4 Å². The highest BCUT2D eigenvalue weighted by Gasteiger charge is 2.18. The Bertz CT molecular complexity index is 493. The molecule has 0 aromatic heterocycles. The summed E-state index contributed by atoms with van der Waals surface area (Å²) < 4.78 is 5.49. The van der Waals surface area contributed by atoms with E-state index >= 15 is 0 Å². The highest BCUT2D eigenvalue weighted by atomic mass is 35.5. The lowest BCUT2D eigenvalue weighted by Gasteiger charge is -2.19. The van der Waals surface area contributed by atoms with Gasteiger partial charge < -0.3 is 15.0 Å². The van der Waals surface area contributed by atoms with E-state index in [0.717, 1.165) is 0 Å². The van der Waals surface area contributed by atoms with Gasteiger partial charge in [0, 0.05) is 26.1 Å². The van der Waals surface area contributed by atoms with Crippen LogP contribution in [0.1, 0.15) is 12.8 Å². The van der Waals surface area contributed by atoms with E-state index < -0.39 is 0 Å². The Hall–Kier alpha value is -1.75. The minimum absolute atomic E-state index is 0.00597. The van der Waals surface area contributed by atoms with E-state index in [9.17, 15) is 9.59 Å². The molecule has 1 aromatic rings. The Balaban J connectivity index is 1.77. The quantitative estimate of drug-likeness (QED) is 0.915. The number of rotatable bonds is 4. The Morgan fingerprint density at radius 1 is 1.35 bits per heavy atom. The molecule has 1 N–H and O–H groups in total. The van der Waals surface area contributed by atoms with Crippen LogP contribution in [0.4, 0.5) is 0 Å². The number of carbonyl (C=O) groups excluding carboxylic acids is 2. The first-order chi connectivity index (χ1) is 9.66. The summed E-state index contributed by atoms with van der Waals surface area (Å²) in [7, 11) is 0. The molecule has 0 saturated carbocycles. The van der Waals surface area contributed by atoms with E-state index in [1.165, 1.54) is 0 Å². The van der Waals surface area contributed by atoms with Crippen LogP contribution in [-0.2, 0) is 9.59 Å². The van der Waals surface area contributed by atoms with Gasteiger partial charge in [0.15, 0.2) is 0 Å². The van der Waals surface area contributed by atoms with Crippen LogP contribution in [0.2, 0.25) is 5.02 Å². The molecule has 5 nitrogen and oxygen atoms in total. The van der Waals surface area contributed by atoms with Crippen LogP contribution in [0.15, 0.2) is 24.3 Å². The lowest BCUT2D eigenvalue weighted by atomic mass is 10.3. The second kappa shape index (κ2) is 7.14. The minimum Gasteiger partial charge on any atom is -0.491 e. The fraction of sp³-hybridized carbons (Fsp3) is 0.429. The molecule has 1 fully saturated rings. The van der Waals surface area contributed by atoms with Crippen molar-refractivity contribution in [2.45, 2.75) is 12.8 Å². The number of ether oxygens (including phenoxy) is 1. The van der Waals surface area contributed by atoms with Crippen LogP contribution in [0.25, 0.3) is 0 Å². The second-order valence-electron chi connectivity index (χ2n) is 4.51. The predicted molar refractivity (Wildman–Crippen MR) is 75.8 cm³/mol. The van der Waals surface area contributed by atoms with Gasteiger partial charge in [-0.25, -0.2) is 0 Å². The van der Waals surface area contributed by atoms with E-state index in [-0.39, 0.29) is 24.8 Å². The Morgan fingerprint density at radius 2 is 2.15 bits per heavy atom. The molecule has 1 aromatic carbocycles. The average Bonchev–Trinajstić information content (AvgIpc) is 2.66. The van der Waals surface area contributed by atoms with Crippen molar-refractivity contribution in [2.24, 2.45) is 0 Å². The SMILES string of the molecule is O=C1CCN(C(=O)CCOc2ccccc2Cl)CCN1. The molecule has 0 spiro atoms. The number of nitrogens with one attached hydrogen (secondary N) is 1. The van der Waals surface area contributed by atoms with Crippen LogP contribution < -0.4 is 10.1 Å². The van der Waals surface area contributed by atoms with Crippen molar-refractivity contribution in [1.29, 1.82) is 0 Å². The van der Waals surface area contributed by atoms with Crippen molar-refractivity contribution in [1.82, 2.24) is 10.2 Å². The lowest BCUT2D eigenvalue weighted by molar-refractivity contribution is -0.131. The molecule has 0 unspecified atom stereocenters. The lowest BCUT2D eigenvalue weighted by Crippen LogP contribution is -2.34. The standard InChI is InChI=1S/C14H17ClN2O3/c15-11-3-1-2-4-12(11)20-10-6-14(19)17-8-5-13(18)16-7-9-17/h1-4H,5-10H2,(H,16,18). The Kier molecular flexibility index (Phi) is 5.24. The van der Waals surface area contributed by atoms with Gasteiger partial charge >= 0.3 is 0 Å². The van der Waals surface area contributed by atoms with Crippen LogP contribution in [0, 0.1) is 0 Å². The molecule has 20 heavy (non-hydrogen) atoms. The zero-order valence-corrected chi connectivity index (χ0v) is 11.9. The Labute approximate surface area is 122 Å². The number of halogens is 1. The van der Waals surface area contributed by atoms with Crippen LogP contribution in [0.5, 0.6) is 5.75 Å². The molecule has 0 atom stereocenters. The zero-order chi connectivity index (χ0) is 14.4. The van der Waals surface area contributed by atoms with Crippen LogP contribution in [0.3, 0.4) is 0 Å². The highest BCUT2D eigenvalue weighted by Crippen LogP contribution is 2.23. The molecule has 0 radical (unpaired) electrons. The van der Waals surface area contributed by atoms with Crippen molar-refractivity contribution in [3.63, 3.8) is 0 Å². The summed E-state index contributed by atoms with van der Waals surface area (Å²) in [4.78, 5) is 24.9. The topological polar surface area (TPSA) is 58.6 Å². The fourth-order valence-corrected chi connectivity index (χ4v) is 2.17. The summed E-state index contributed by atoms with van der Waals surface area (Å²) in [6, 6.07) is 7.16. The maximum atomic E-state index is 12.0. The van der Waals surface area contributed by atoms with Gasteiger partial charge in [0.25, 0.3) is 0 Å². The number of nitrogens with zero attached hydrogens (tertiary/aromatic N) is 1. The van der Waals surface area contributed by atoms with Gasteiger partial charge in [-0.05, 0) is 12.1 Å². The molecule has 1 saturated heterocycles. The molecular weight excluding hydrogens is 280 g/mol. The number of benzene rings is 1. The third-order valence-electron chi connectivity index (χ3n) is 3.08. The van der Waals surface area contributed by atoms with Crippen LogP contribution in [-0.4, -0.2) is 43.0 Å². The third kappa shape index (κ3) is 4.13. The normalized spacial score (nSPS) is 15.4. The van der Waals surface area contributed by atoms with Gasteiger partial charge in [-0.1, -0.05) is 23.7 Å². The average molecular weight is 297 g/mol. The maximum Gasteiger partial charge on any atom is 0.226 e. The van der Waals surface area contributed by atoms with Gasteiger partial charge in [-0.3, -0.25) is 9.59 Å².